The van der Waals surface area contributed by atoms with Crippen molar-refractivity contribution in [2.75, 3.05) is 26.2 Å². The number of carbonyl (C=O) groups is 2. The second kappa shape index (κ2) is 5.93. The normalized spacial score (nSPS) is 25.5. The van der Waals surface area contributed by atoms with Crippen LogP contribution >= 0.6 is 0 Å². The molecule has 4 nitrogen and oxygen atoms in total. The number of amides is 2. The summed E-state index contributed by atoms with van der Waals surface area (Å²) in [5, 5.41) is 0. The maximum Gasteiger partial charge on any atom is 0.227 e. The van der Waals surface area contributed by atoms with Gasteiger partial charge in [0.15, 0.2) is 0 Å². The van der Waals surface area contributed by atoms with E-state index in [0.29, 0.717) is 18.9 Å². The van der Waals surface area contributed by atoms with Crippen molar-refractivity contribution in [3.63, 3.8) is 0 Å². The Kier molecular flexibility index (Phi) is 4.48. The highest BCUT2D eigenvalue weighted by Gasteiger charge is 2.37. The first-order valence-corrected chi connectivity index (χ1v) is 7.54. The SMILES string of the molecule is CC(C)CN1C[C@@H](C(=O)N2CCC(C)CC2)CC1=O. The number of likely N-dealkylation sites (tertiary alicyclic amines) is 2. The number of rotatable bonds is 3. The fraction of sp³-hybridized carbons (Fsp3) is 0.867. The largest absolute Gasteiger partial charge is 0.342 e. The lowest BCUT2D eigenvalue weighted by molar-refractivity contribution is -0.137. The number of piperidine rings is 1. The van der Waals surface area contributed by atoms with E-state index in [-0.39, 0.29) is 17.7 Å². The van der Waals surface area contributed by atoms with Crippen LogP contribution in [0.15, 0.2) is 0 Å². The summed E-state index contributed by atoms with van der Waals surface area (Å²) in [7, 11) is 0. The van der Waals surface area contributed by atoms with Gasteiger partial charge in [-0.1, -0.05) is 20.8 Å². The average Bonchev–Trinajstić information content (AvgIpc) is 2.70. The van der Waals surface area contributed by atoms with Crippen molar-refractivity contribution in [2.24, 2.45) is 17.8 Å². The van der Waals surface area contributed by atoms with Crippen molar-refractivity contribution in [3.05, 3.63) is 0 Å². The summed E-state index contributed by atoms with van der Waals surface area (Å²) in [6.45, 7) is 9.60. The molecule has 0 aromatic carbocycles. The molecule has 108 valence electrons. The van der Waals surface area contributed by atoms with E-state index in [2.05, 4.69) is 20.8 Å². The lowest BCUT2D eigenvalue weighted by atomic mass is 9.97. The summed E-state index contributed by atoms with van der Waals surface area (Å²) in [6, 6.07) is 0. The van der Waals surface area contributed by atoms with E-state index in [9.17, 15) is 9.59 Å². The summed E-state index contributed by atoms with van der Waals surface area (Å²) in [4.78, 5) is 28.2. The number of hydrogen-bond acceptors (Lipinski definition) is 2. The predicted molar refractivity (Wildman–Crippen MR) is 74.5 cm³/mol. The molecule has 0 bridgehead atoms. The molecular weight excluding hydrogens is 240 g/mol. The van der Waals surface area contributed by atoms with Gasteiger partial charge in [-0.25, -0.2) is 0 Å². The maximum absolute atomic E-state index is 12.4. The highest BCUT2D eigenvalue weighted by Crippen LogP contribution is 2.24. The molecule has 0 spiro atoms. The maximum atomic E-state index is 12.4. The van der Waals surface area contributed by atoms with Crippen LogP contribution in [0.3, 0.4) is 0 Å². The highest BCUT2D eigenvalue weighted by molar-refractivity contribution is 5.89. The van der Waals surface area contributed by atoms with Crippen LogP contribution in [-0.2, 0) is 9.59 Å². The molecule has 0 aliphatic carbocycles. The van der Waals surface area contributed by atoms with Crippen LogP contribution in [0.2, 0.25) is 0 Å². The molecule has 0 aromatic heterocycles. The van der Waals surface area contributed by atoms with Gasteiger partial charge in [0.2, 0.25) is 11.8 Å². The summed E-state index contributed by atoms with van der Waals surface area (Å²) >= 11 is 0. The van der Waals surface area contributed by atoms with Gasteiger partial charge < -0.3 is 9.80 Å². The summed E-state index contributed by atoms with van der Waals surface area (Å²) in [5.41, 5.74) is 0. The van der Waals surface area contributed by atoms with E-state index in [1.165, 1.54) is 0 Å². The lowest BCUT2D eigenvalue weighted by Gasteiger charge is -2.32. The Hall–Kier alpha value is -1.06. The molecule has 4 heteroatoms. The van der Waals surface area contributed by atoms with E-state index >= 15 is 0 Å². The number of nitrogens with zero attached hydrogens (tertiary/aromatic N) is 2. The van der Waals surface area contributed by atoms with E-state index in [0.717, 1.165) is 38.4 Å². The molecule has 0 unspecified atom stereocenters. The van der Waals surface area contributed by atoms with Crippen molar-refractivity contribution in [1.29, 1.82) is 0 Å². The summed E-state index contributed by atoms with van der Waals surface area (Å²) in [5.74, 6) is 1.45. The second-order valence-corrected chi connectivity index (χ2v) is 6.60. The first-order valence-electron chi connectivity index (χ1n) is 7.54. The van der Waals surface area contributed by atoms with E-state index in [1.54, 1.807) is 0 Å². The Morgan fingerprint density at radius 1 is 1.32 bits per heavy atom. The molecule has 2 amide bonds. The van der Waals surface area contributed by atoms with Crippen molar-refractivity contribution < 1.29 is 9.59 Å². The predicted octanol–water partition coefficient (Wildman–Crippen LogP) is 1.75. The molecule has 0 aromatic rings. The van der Waals surface area contributed by atoms with Crippen molar-refractivity contribution in [1.82, 2.24) is 9.80 Å². The van der Waals surface area contributed by atoms with Crippen LogP contribution in [0.4, 0.5) is 0 Å². The lowest BCUT2D eigenvalue weighted by Crippen LogP contribution is -2.42. The third-order valence-corrected chi connectivity index (χ3v) is 4.24. The zero-order valence-electron chi connectivity index (χ0n) is 12.4. The van der Waals surface area contributed by atoms with Gasteiger partial charge >= 0.3 is 0 Å². The van der Waals surface area contributed by atoms with Gasteiger partial charge in [-0.15, -0.1) is 0 Å². The molecule has 2 rings (SSSR count). The van der Waals surface area contributed by atoms with E-state index < -0.39 is 0 Å². The molecule has 0 N–H and O–H groups in total. The Bertz CT molecular complexity index is 346. The first kappa shape index (κ1) is 14.4. The molecule has 2 aliphatic rings. The smallest absolute Gasteiger partial charge is 0.227 e. The fourth-order valence-electron chi connectivity index (χ4n) is 3.04. The van der Waals surface area contributed by atoms with Crippen LogP contribution in [0.5, 0.6) is 0 Å². The average molecular weight is 266 g/mol. The zero-order valence-corrected chi connectivity index (χ0v) is 12.4. The molecule has 0 radical (unpaired) electrons. The quantitative estimate of drug-likeness (QED) is 0.781. The minimum atomic E-state index is -0.0975. The van der Waals surface area contributed by atoms with Crippen LogP contribution in [0.25, 0.3) is 0 Å². The van der Waals surface area contributed by atoms with Crippen LogP contribution in [0.1, 0.15) is 40.0 Å². The van der Waals surface area contributed by atoms with Gasteiger partial charge in [0, 0.05) is 32.6 Å². The summed E-state index contributed by atoms with van der Waals surface area (Å²) in [6.07, 6.45) is 2.61. The highest BCUT2D eigenvalue weighted by atomic mass is 16.2. The summed E-state index contributed by atoms with van der Waals surface area (Å²) < 4.78 is 0. The first-order chi connectivity index (χ1) is 8.97. The van der Waals surface area contributed by atoms with Crippen LogP contribution in [-0.4, -0.2) is 47.8 Å². The van der Waals surface area contributed by atoms with Gasteiger partial charge in [-0.05, 0) is 24.7 Å². The molecule has 19 heavy (non-hydrogen) atoms. The molecule has 2 aliphatic heterocycles. The molecule has 1 atom stereocenters. The molecule has 2 saturated heterocycles. The minimum Gasteiger partial charge on any atom is -0.342 e. The van der Waals surface area contributed by atoms with Gasteiger partial charge in [0.05, 0.1) is 5.92 Å². The Balaban J connectivity index is 1.89. The third kappa shape index (κ3) is 3.48. The Labute approximate surface area is 116 Å². The Morgan fingerprint density at radius 3 is 2.53 bits per heavy atom. The topological polar surface area (TPSA) is 40.6 Å². The van der Waals surface area contributed by atoms with E-state index in [1.807, 2.05) is 9.80 Å². The number of hydrogen-bond donors (Lipinski definition) is 0. The van der Waals surface area contributed by atoms with Crippen LogP contribution in [0, 0.1) is 17.8 Å². The number of carbonyl (C=O) groups excluding carboxylic acids is 2. The van der Waals surface area contributed by atoms with Gasteiger partial charge in [0.25, 0.3) is 0 Å². The Morgan fingerprint density at radius 2 is 1.95 bits per heavy atom. The molecular formula is C15H26N2O2. The van der Waals surface area contributed by atoms with Crippen LogP contribution < -0.4 is 0 Å². The zero-order chi connectivity index (χ0) is 14.0. The third-order valence-electron chi connectivity index (χ3n) is 4.24. The van der Waals surface area contributed by atoms with Gasteiger partial charge in [0.1, 0.15) is 0 Å². The van der Waals surface area contributed by atoms with Crippen molar-refractivity contribution >= 4 is 11.8 Å². The monoisotopic (exact) mass is 266 g/mol. The molecule has 2 heterocycles. The van der Waals surface area contributed by atoms with E-state index in [4.69, 9.17) is 0 Å². The molecule has 2 fully saturated rings. The van der Waals surface area contributed by atoms with Crippen molar-refractivity contribution in [2.45, 2.75) is 40.0 Å². The minimum absolute atomic E-state index is 0.0975. The van der Waals surface area contributed by atoms with Gasteiger partial charge in [-0.3, -0.25) is 9.59 Å². The second-order valence-electron chi connectivity index (χ2n) is 6.60. The fourth-order valence-corrected chi connectivity index (χ4v) is 3.04. The molecule has 0 saturated carbocycles. The van der Waals surface area contributed by atoms with Crippen molar-refractivity contribution in [3.8, 4) is 0 Å². The van der Waals surface area contributed by atoms with Gasteiger partial charge in [-0.2, -0.15) is 0 Å². The standard InChI is InChI=1S/C15H26N2O2/c1-11(2)9-17-10-13(8-14(17)18)15(19)16-6-4-12(3)5-7-16/h11-13H,4-10H2,1-3H3/t13-/m0/s1.